The van der Waals surface area contributed by atoms with E-state index in [4.69, 9.17) is 14.2 Å². The van der Waals surface area contributed by atoms with E-state index in [2.05, 4.69) is 0 Å². The van der Waals surface area contributed by atoms with E-state index in [1.165, 1.54) is 0 Å². The molecule has 156 valence electrons. The lowest BCUT2D eigenvalue weighted by molar-refractivity contribution is 0.0151. The number of esters is 2. The molecule has 0 aliphatic rings. The van der Waals surface area contributed by atoms with Gasteiger partial charge in [0.2, 0.25) is 0 Å². The van der Waals surface area contributed by atoms with Crippen molar-refractivity contribution in [1.82, 2.24) is 0 Å². The average molecular weight is 414 g/mol. The second kappa shape index (κ2) is 9.87. The van der Waals surface area contributed by atoms with Crippen molar-refractivity contribution in [3.8, 4) is 0 Å². The SMILES string of the molecule is O=C(OCCOCCOC(=O)c1ccc2ccccc2c1)c1ccc2ccccc2c1. The molecule has 0 saturated heterocycles. The molecule has 31 heavy (non-hydrogen) atoms. The minimum atomic E-state index is -0.392. The summed E-state index contributed by atoms with van der Waals surface area (Å²) in [6.07, 6.45) is 0. The fourth-order valence-corrected chi connectivity index (χ4v) is 3.29. The first-order valence-corrected chi connectivity index (χ1v) is 10.1. The van der Waals surface area contributed by atoms with Crippen LogP contribution in [0.1, 0.15) is 20.7 Å². The van der Waals surface area contributed by atoms with Gasteiger partial charge in [-0.25, -0.2) is 9.59 Å². The van der Waals surface area contributed by atoms with E-state index in [1.807, 2.05) is 72.8 Å². The Bertz CT molecular complexity index is 1120. The Kier molecular flexibility index (Phi) is 6.55. The van der Waals surface area contributed by atoms with Crippen molar-refractivity contribution in [1.29, 1.82) is 0 Å². The molecule has 5 heteroatoms. The van der Waals surface area contributed by atoms with E-state index in [9.17, 15) is 9.59 Å². The first-order chi connectivity index (χ1) is 15.2. The van der Waals surface area contributed by atoms with Crippen molar-refractivity contribution in [3.05, 3.63) is 96.1 Å². The Morgan fingerprint density at radius 2 is 0.935 bits per heavy atom. The van der Waals surface area contributed by atoms with E-state index in [0.29, 0.717) is 11.1 Å². The molecular weight excluding hydrogens is 392 g/mol. The Morgan fingerprint density at radius 1 is 0.516 bits per heavy atom. The molecule has 0 N–H and O–H groups in total. The van der Waals surface area contributed by atoms with Crippen LogP contribution >= 0.6 is 0 Å². The average Bonchev–Trinajstić information content (AvgIpc) is 2.82. The van der Waals surface area contributed by atoms with Gasteiger partial charge in [0.25, 0.3) is 0 Å². The predicted octanol–water partition coefficient (Wildman–Crippen LogP) is 5.02. The highest BCUT2D eigenvalue weighted by atomic mass is 16.6. The first kappa shape index (κ1) is 20.6. The number of ether oxygens (including phenoxy) is 3. The first-order valence-electron chi connectivity index (χ1n) is 10.1. The van der Waals surface area contributed by atoms with Crippen LogP contribution in [0.2, 0.25) is 0 Å². The van der Waals surface area contributed by atoms with Crippen LogP contribution in [0.3, 0.4) is 0 Å². The molecule has 0 bridgehead atoms. The van der Waals surface area contributed by atoms with Crippen LogP contribution in [0.15, 0.2) is 84.9 Å². The van der Waals surface area contributed by atoms with Crippen molar-refractivity contribution >= 4 is 33.5 Å². The monoisotopic (exact) mass is 414 g/mol. The van der Waals surface area contributed by atoms with Gasteiger partial charge in [0.1, 0.15) is 13.2 Å². The van der Waals surface area contributed by atoms with Gasteiger partial charge < -0.3 is 14.2 Å². The Balaban J connectivity index is 1.15. The van der Waals surface area contributed by atoms with Crippen molar-refractivity contribution in [2.24, 2.45) is 0 Å². The predicted molar refractivity (Wildman–Crippen MR) is 119 cm³/mol. The molecule has 0 heterocycles. The summed E-state index contributed by atoms with van der Waals surface area (Å²) in [4.78, 5) is 24.3. The van der Waals surface area contributed by atoms with Gasteiger partial charge in [-0.1, -0.05) is 60.7 Å². The summed E-state index contributed by atoms with van der Waals surface area (Å²) in [5.74, 6) is -0.783. The fourth-order valence-electron chi connectivity index (χ4n) is 3.29. The largest absolute Gasteiger partial charge is 0.460 e. The lowest BCUT2D eigenvalue weighted by Gasteiger charge is -2.08. The molecule has 0 aliphatic heterocycles. The molecule has 0 amide bonds. The van der Waals surface area contributed by atoms with Gasteiger partial charge in [0.05, 0.1) is 24.3 Å². The standard InChI is InChI=1S/C26H22O5/c27-25(23-11-9-19-5-1-3-7-21(19)17-23)30-15-13-29-14-16-31-26(28)24-12-10-20-6-2-4-8-22(20)18-24/h1-12,17-18H,13-16H2. The summed E-state index contributed by atoms with van der Waals surface area (Å²) in [5, 5.41) is 4.11. The normalized spacial score (nSPS) is 10.8. The quantitative estimate of drug-likeness (QED) is 0.299. The third kappa shape index (κ3) is 5.27. The number of rotatable bonds is 8. The zero-order valence-electron chi connectivity index (χ0n) is 17.0. The molecule has 4 aromatic rings. The second-order valence-corrected chi connectivity index (χ2v) is 7.01. The van der Waals surface area contributed by atoms with Crippen molar-refractivity contribution in [3.63, 3.8) is 0 Å². The Morgan fingerprint density at radius 3 is 1.39 bits per heavy atom. The van der Waals surface area contributed by atoms with E-state index >= 15 is 0 Å². The highest BCUT2D eigenvalue weighted by Crippen LogP contribution is 2.17. The van der Waals surface area contributed by atoms with E-state index < -0.39 is 11.9 Å². The second-order valence-electron chi connectivity index (χ2n) is 7.01. The summed E-state index contributed by atoms with van der Waals surface area (Å²) in [6.45, 7) is 0.717. The van der Waals surface area contributed by atoms with Crippen LogP contribution in [0.4, 0.5) is 0 Å². The zero-order valence-corrected chi connectivity index (χ0v) is 17.0. The maximum absolute atomic E-state index is 12.2. The van der Waals surface area contributed by atoms with Gasteiger partial charge in [-0.2, -0.15) is 0 Å². The molecule has 5 nitrogen and oxygen atoms in total. The lowest BCUT2D eigenvalue weighted by Crippen LogP contribution is -2.14. The smallest absolute Gasteiger partial charge is 0.338 e. The molecule has 4 rings (SSSR count). The van der Waals surface area contributed by atoms with Crippen molar-refractivity contribution < 1.29 is 23.8 Å². The van der Waals surface area contributed by atoms with Crippen LogP contribution in [0.5, 0.6) is 0 Å². The van der Waals surface area contributed by atoms with Crippen LogP contribution in [0.25, 0.3) is 21.5 Å². The minimum absolute atomic E-state index is 0.129. The summed E-state index contributed by atoms with van der Waals surface area (Å²) < 4.78 is 15.9. The van der Waals surface area contributed by atoms with Gasteiger partial charge in [0.15, 0.2) is 0 Å². The van der Waals surface area contributed by atoms with Crippen LogP contribution in [-0.4, -0.2) is 38.4 Å². The van der Waals surface area contributed by atoms with E-state index in [-0.39, 0.29) is 26.4 Å². The molecule has 0 radical (unpaired) electrons. The Hall–Kier alpha value is -3.70. The number of hydrogen-bond acceptors (Lipinski definition) is 5. The molecule has 0 saturated carbocycles. The van der Waals surface area contributed by atoms with Crippen molar-refractivity contribution in [2.45, 2.75) is 0 Å². The molecule has 0 atom stereocenters. The molecular formula is C26H22O5. The zero-order chi connectivity index (χ0) is 21.5. The summed E-state index contributed by atoms with van der Waals surface area (Å²) in [6, 6.07) is 26.6. The third-order valence-electron chi connectivity index (χ3n) is 4.89. The van der Waals surface area contributed by atoms with Crippen LogP contribution < -0.4 is 0 Å². The van der Waals surface area contributed by atoms with E-state index in [1.54, 1.807) is 12.1 Å². The molecule has 0 spiro atoms. The number of carbonyl (C=O) groups is 2. The van der Waals surface area contributed by atoms with Crippen molar-refractivity contribution in [2.75, 3.05) is 26.4 Å². The summed E-state index contributed by atoms with van der Waals surface area (Å²) in [5.41, 5.74) is 1.01. The molecule has 0 unspecified atom stereocenters. The Labute approximate surface area is 180 Å². The van der Waals surface area contributed by atoms with Gasteiger partial charge in [-0.3, -0.25) is 0 Å². The maximum atomic E-state index is 12.2. The molecule has 0 aliphatic carbocycles. The molecule has 0 aromatic heterocycles. The van der Waals surface area contributed by atoms with Gasteiger partial charge in [-0.05, 0) is 45.8 Å². The number of benzene rings is 4. The topological polar surface area (TPSA) is 61.8 Å². The third-order valence-corrected chi connectivity index (χ3v) is 4.89. The number of fused-ring (bicyclic) bond motifs is 2. The maximum Gasteiger partial charge on any atom is 0.338 e. The highest BCUT2D eigenvalue weighted by Gasteiger charge is 2.09. The summed E-state index contributed by atoms with van der Waals surface area (Å²) in [7, 11) is 0. The number of carbonyl (C=O) groups excluding carboxylic acids is 2. The number of hydrogen-bond donors (Lipinski definition) is 0. The highest BCUT2D eigenvalue weighted by molar-refractivity contribution is 5.96. The van der Waals surface area contributed by atoms with Gasteiger partial charge in [-0.15, -0.1) is 0 Å². The molecule has 0 fully saturated rings. The van der Waals surface area contributed by atoms with Crippen LogP contribution in [0, 0.1) is 0 Å². The fraction of sp³-hybridized carbons (Fsp3) is 0.154. The van der Waals surface area contributed by atoms with Crippen LogP contribution in [-0.2, 0) is 14.2 Å². The summed E-state index contributed by atoms with van der Waals surface area (Å²) >= 11 is 0. The minimum Gasteiger partial charge on any atom is -0.460 e. The van der Waals surface area contributed by atoms with Gasteiger partial charge in [0, 0.05) is 0 Å². The molecule has 4 aromatic carbocycles. The van der Waals surface area contributed by atoms with Gasteiger partial charge >= 0.3 is 11.9 Å². The lowest BCUT2D eigenvalue weighted by atomic mass is 10.1. The van der Waals surface area contributed by atoms with E-state index in [0.717, 1.165) is 21.5 Å².